The first-order chi connectivity index (χ1) is 13.3. The molecular weight excluding hydrogens is 346 g/mol. The molecule has 0 saturated heterocycles. The SMILES string of the molecule is Cc1cc(C)c(/C=C/C2(n3ccnc3)N(C)c3ccccc3C2(C)C)c(O)c1. The maximum atomic E-state index is 10.5. The van der Waals surface area contributed by atoms with Crippen molar-refractivity contribution in [3.05, 3.63) is 83.4 Å². The number of rotatable bonds is 3. The molecule has 4 nitrogen and oxygen atoms in total. The summed E-state index contributed by atoms with van der Waals surface area (Å²) in [7, 11) is 2.12. The molecule has 0 radical (unpaired) electrons. The lowest BCUT2D eigenvalue weighted by atomic mass is 9.75. The van der Waals surface area contributed by atoms with Crippen LogP contribution in [-0.2, 0) is 11.1 Å². The van der Waals surface area contributed by atoms with E-state index in [1.165, 1.54) is 11.3 Å². The van der Waals surface area contributed by atoms with Gasteiger partial charge in [-0.05, 0) is 48.7 Å². The lowest BCUT2D eigenvalue weighted by molar-refractivity contribution is 0.237. The average Bonchev–Trinajstić information content (AvgIpc) is 3.22. The van der Waals surface area contributed by atoms with Gasteiger partial charge in [0, 0.05) is 36.1 Å². The summed E-state index contributed by atoms with van der Waals surface area (Å²) in [5.41, 5.74) is 4.76. The molecule has 0 fully saturated rings. The van der Waals surface area contributed by atoms with Gasteiger partial charge in [-0.3, -0.25) is 0 Å². The zero-order valence-electron chi connectivity index (χ0n) is 17.1. The highest BCUT2D eigenvalue weighted by molar-refractivity contribution is 5.70. The Labute approximate surface area is 166 Å². The molecular formula is C24H27N3O. The van der Waals surface area contributed by atoms with Crippen LogP contribution in [0.25, 0.3) is 6.08 Å². The van der Waals surface area contributed by atoms with E-state index in [0.717, 1.165) is 16.7 Å². The van der Waals surface area contributed by atoms with Gasteiger partial charge in [0.25, 0.3) is 0 Å². The van der Waals surface area contributed by atoms with Gasteiger partial charge in [0.2, 0.25) is 0 Å². The molecule has 4 rings (SSSR count). The van der Waals surface area contributed by atoms with Crippen molar-refractivity contribution in [3.63, 3.8) is 0 Å². The van der Waals surface area contributed by atoms with E-state index in [0.29, 0.717) is 5.75 Å². The highest BCUT2D eigenvalue weighted by atomic mass is 16.3. The monoisotopic (exact) mass is 373 g/mol. The van der Waals surface area contributed by atoms with Gasteiger partial charge in [0.1, 0.15) is 11.4 Å². The van der Waals surface area contributed by atoms with Crippen molar-refractivity contribution in [3.8, 4) is 5.75 Å². The molecule has 3 aromatic rings. The van der Waals surface area contributed by atoms with Crippen LogP contribution < -0.4 is 4.90 Å². The lowest BCUT2D eigenvalue weighted by Gasteiger charge is -2.45. The van der Waals surface area contributed by atoms with Crippen LogP contribution in [0.1, 0.15) is 36.1 Å². The molecule has 0 bridgehead atoms. The zero-order valence-corrected chi connectivity index (χ0v) is 17.1. The van der Waals surface area contributed by atoms with Crippen molar-refractivity contribution in [1.29, 1.82) is 0 Å². The number of likely N-dealkylation sites (N-methyl/N-ethyl adjacent to an activating group) is 1. The van der Waals surface area contributed by atoms with Crippen LogP contribution in [0.4, 0.5) is 5.69 Å². The lowest BCUT2D eigenvalue weighted by Crippen LogP contribution is -2.54. The summed E-state index contributed by atoms with van der Waals surface area (Å²) in [6.45, 7) is 8.56. The Kier molecular flexibility index (Phi) is 4.11. The number of hydrogen-bond donors (Lipinski definition) is 1. The highest BCUT2D eigenvalue weighted by Crippen LogP contribution is 2.54. The van der Waals surface area contributed by atoms with Gasteiger partial charge in [-0.1, -0.05) is 44.2 Å². The predicted octanol–water partition coefficient (Wildman–Crippen LogP) is 5.00. The average molecular weight is 374 g/mol. The number of aromatic nitrogens is 2. The molecule has 0 saturated carbocycles. The molecule has 1 atom stereocenters. The van der Waals surface area contributed by atoms with E-state index < -0.39 is 5.66 Å². The van der Waals surface area contributed by atoms with Crippen molar-refractivity contribution < 1.29 is 5.11 Å². The fourth-order valence-corrected chi connectivity index (χ4v) is 4.83. The summed E-state index contributed by atoms with van der Waals surface area (Å²) in [5.74, 6) is 0.311. The molecule has 2 aromatic carbocycles. The van der Waals surface area contributed by atoms with Crippen LogP contribution in [0.5, 0.6) is 5.75 Å². The van der Waals surface area contributed by atoms with E-state index in [-0.39, 0.29) is 5.41 Å². The first-order valence-electron chi connectivity index (χ1n) is 9.60. The number of phenolic OH excluding ortho intramolecular Hbond substituents is 1. The summed E-state index contributed by atoms with van der Waals surface area (Å²) in [5, 5.41) is 10.5. The van der Waals surface area contributed by atoms with Crippen LogP contribution in [0.15, 0.2) is 61.2 Å². The number of phenols is 1. The number of hydrogen-bond acceptors (Lipinski definition) is 3. The van der Waals surface area contributed by atoms with Crippen molar-refractivity contribution in [1.82, 2.24) is 9.55 Å². The molecule has 0 amide bonds. The van der Waals surface area contributed by atoms with Crippen molar-refractivity contribution in [2.24, 2.45) is 0 Å². The Balaban J connectivity index is 1.94. The minimum Gasteiger partial charge on any atom is -0.507 e. The Bertz CT molecular complexity index is 1030. The maximum absolute atomic E-state index is 10.5. The summed E-state index contributed by atoms with van der Waals surface area (Å²) < 4.78 is 2.16. The fraction of sp³-hybridized carbons (Fsp3) is 0.292. The smallest absolute Gasteiger partial charge is 0.146 e. The van der Waals surface area contributed by atoms with E-state index in [1.807, 2.05) is 44.7 Å². The normalized spacial score (nSPS) is 20.7. The van der Waals surface area contributed by atoms with E-state index in [4.69, 9.17) is 0 Å². The van der Waals surface area contributed by atoms with Crippen LogP contribution in [0, 0.1) is 13.8 Å². The zero-order chi connectivity index (χ0) is 20.1. The number of aromatic hydroxyl groups is 1. The third kappa shape index (κ3) is 2.40. The highest BCUT2D eigenvalue weighted by Gasteiger charge is 2.55. The fourth-order valence-electron chi connectivity index (χ4n) is 4.83. The van der Waals surface area contributed by atoms with Crippen molar-refractivity contribution in [2.45, 2.75) is 38.8 Å². The minimum atomic E-state index is -0.489. The molecule has 1 aliphatic heterocycles. The number of fused-ring (bicyclic) bond motifs is 1. The van der Waals surface area contributed by atoms with E-state index >= 15 is 0 Å². The Morgan fingerprint density at radius 1 is 1.11 bits per heavy atom. The quantitative estimate of drug-likeness (QED) is 0.702. The van der Waals surface area contributed by atoms with Crippen LogP contribution >= 0.6 is 0 Å². The molecule has 0 aliphatic carbocycles. The van der Waals surface area contributed by atoms with Gasteiger partial charge in [0.15, 0.2) is 0 Å². The molecule has 0 spiro atoms. The van der Waals surface area contributed by atoms with Gasteiger partial charge in [-0.2, -0.15) is 0 Å². The second-order valence-electron chi connectivity index (χ2n) is 8.25. The van der Waals surface area contributed by atoms with Crippen LogP contribution in [0.2, 0.25) is 0 Å². The van der Waals surface area contributed by atoms with Gasteiger partial charge in [-0.15, -0.1) is 0 Å². The second kappa shape index (κ2) is 6.26. The molecule has 1 aliphatic rings. The first-order valence-corrected chi connectivity index (χ1v) is 9.60. The standard InChI is InChI=1S/C24H27N3O/c1-17-14-18(2)19(22(28)15-17)10-11-24(27-13-12-25-16-27)23(3,4)20-8-6-7-9-21(20)26(24)5/h6-16,28H,1-5H3/b11-10+. The third-order valence-corrected chi connectivity index (χ3v) is 6.26. The molecule has 1 unspecified atom stereocenters. The van der Waals surface area contributed by atoms with Crippen molar-refractivity contribution in [2.75, 3.05) is 11.9 Å². The molecule has 1 aromatic heterocycles. The van der Waals surface area contributed by atoms with E-state index in [2.05, 4.69) is 71.8 Å². The number of para-hydroxylation sites is 1. The summed E-state index contributed by atoms with van der Waals surface area (Å²) >= 11 is 0. The second-order valence-corrected chi connectivity index (χ2v) is 8.25. The summed E-state index contributed by atoms with van der Waals surface area (Å²) in [4.78, 5) is 6.64. The summed E-state index contributed by atoms with van der Waals surface area (Å²) in [6, 6.07) is 12.5. The number of imidazole rings is 1. The molecule has 2 heterocycles. The number of benzene rings is 2. The predicted molar refractivity (Wildman–Crippen MR) is 115 cm³/mol. The van der Waals surface area contributed by atoms with E-state index in [9.17, 15) is 5.11 Å². The Morgan fingerprint density at radius 2 is 1.86 bits per heavy atom. The molecule has 4 heteroatoms. The Hall–Kier alpha value is -3.01. The number of aryl methyl sites for hydroxylation is 2. The van der Waals surface area contributed by atoms with Crippen LogP contribution in [-0.4, -0.2) is 21.7 Å². The van der Waals surface area contributed by atoms with E-state index in [1.54, 1.807) is 0 Å². The molecule has 28 heavy (non-hydrogen) atoms. The van der Waals surface area contributed by atoms with Gasteiger partial charge in [-0.25, -0.2) is 4.98 Å². The number of nitrogens with zero attached hydrogens (tertiary/aromatic N) is 3. The molecule has 1 N–H and O–H groups in total. The van der Waals surface area contributed by atoms with Crippen LogP contribution in [0.3, 0.4) is 0 Å². The first kappa shape index (κ1) is 18.4. The number of anilines is 1. The molecule has 144 valence electrons. The van der Waals surface area contributed by atoms with Gasteiger partial charge in [0.05, 0.1) is 6.33 Å². The maximum Gasteiger partial charge on any atom is 0.146 e. The summed E-state index contributed by atoms with van der Waals surface area (Å²) in [6.07, 6.45) is 9.95. The largest absolute Gasteiger partial charge is 0.507 e. The third-order valence-electron chi connectivity index (χ3n) is 6.26. The van der Waals surface area contributed by atoms with Gasteiger partial charge < -0.3 is 14.6 Å². The minimum absolute atomic E-state index is 0.218. The van der Waals surface area contributed by atoms with Gasteiger partial charge >= 0.3 is 0 Å². The Morgan fingerprint density at radius 3 is 2.50 bits per heavy atom. The van der Waals surface area contributed by atoms with Crippen molar-refractivity contribution >= 4 is 11.8 Å². The topological polar surface area (TPSA) is 41.3 Å².